The molecule has 0 aliphatic rings. The molecule has 0 aliphatic carbocycles. The van der Waals surface area contributed by atoms with Gasteiger partial charge >= 0.3 is 0 Å². The summed E-state index contributed by atoms with van der Waals surface area (Å²) in [6.07, 6.45) is 7.87. The maximum Gasteiger partial charge on any atom is 0.225 e. The Morgan fingerprint density at radius 3 is 1.82 bits per heavy atom. The van der Waals surface area contributed by atoms with E-state index in [1.807, 2.05) is 12.1 Å². The molecule has 0 aliphatic heterocycles. The molecule has 0 N–H and O–H groups in total. The van der Waals surface area contributed by atoms with Gasteiger partial charge in [0.25, 0.3) is 0 Å². The van der Waals surface area contributed by atoms with Crippen LogP contribution in [0.2, 0.25) is 0 Å². The lowest BCUT2D eigenvalue weighted by Crippen LogP contribution is -2.02. The first kappa shape index (κ1) is 25.7. The minimum atomic E-state index is -1.70. The van der Waals surface area contributed by atoms with E-state index in [0.717, 1.165) is 24.8 Å². The predicted molar refractivity (Wildman–Crippen MR) is 124 cm³/mol. The SMILES string of the molecule is CCCCCCCCc1ccc(-c2c(CC)c(F)c(F)c([O])c2-c2cc(F)c(F)c(F)c2)cc1. The molecule has 1 nitrogen and oxygen atoms in total. The summed E-state index contributed by atoms with van der Waals surface area (Å²) in [5.41, 5.74) is 0.713. The van der Waals surface area contributed by atoms with Crippen molar-refractivity contribution in [3.63, 3.8) is 0 Å². The van der Waals surface area contributed by atoms with Crippen LogP contribution in [0.15, 0.2) is 36.4 Å². The molecule has 34 heavy (non-hydrogen) atoms. The van der Waals surface area contributed by atoms with Gasteiger partial charge in [0.2, 0.25) is 11.6 Å². The fraction of sp³-hybridized carbons (Fsp3) is 0.357. The maximum atomic E-state index is 14.7. The summed E-state index contributed by atoms with van der Waals surface area (Å²) >= 11 is 0. The molecule has 0 spiro atoms. The smallest absolute Gasteiger partial charge is 0.225 e. The van der Waals surface area contributed by atoms with Crippen molar-refractivity contribution in [2.75, 3.05) is 0 Å². The lowest BCUT2D eigenvalue weighted by atomic mass is 9.87. The molecule has 0 amide bonds. The second-order valence-electron chi connectivity index (χ2n) is 8.51. The largest absolute Gasteiger partial charge is 0.286 e. The van der Waals surface area contributed by atoms with Crippen LogP contribution in [0.5, 0.6) is 5.75 Å². The Labute approximate surface area is 197 Å². The molecule has 0 bridgehead atoms. The first-order valence-corrected chi connectivity index (χ1v) is 11.7. The van der Waals surface area contributed by atoms with E-state index in [4.69, 9.17) is 0 Å². The molecule has 1 radical (unpaired) electrons. The van der Waals surface area contributed by atoms with Gasteiger partial charge in [-0.25, -0.2) is 17.6 Å². The van der Waals surface area contributed by atoms with Crippen molar-refractivity contribution in [1.82, 2.24) is 0 Å². The second-order valence-corrected chi connectivity index (χ2v) is 8.51. The standard InChI is InChI=1S/C28H28F5O/c1-3-5-6-7-8-9-10-17-11-13-18(14-12-17)23-20(4-2)25(31)27(33)28(34)24(23)19-15-21(29)26(32)22(30)16-19/h11-16H,3-10H2,1-2H3. The molecule has 3 aromatic rings. The summed E-state index contributed by atoms with van der Waals surface area (Å²) in [6, 6.07) is 8.34. The van der Waals surface area contributed by atoms with E-state index in [-0.39, 0.29) is 23.1 Å². The molecule has 0 fully saturated rings. The van der Waals surface area contributed by atoms with Crippen molar-refractivity contribution in [1.29, 1.82) is 0 Å². The van der Waals surface area contributed by atoms with Gasteiger partial charge in [-0.3, -0.25) is 5.11 Å². The lowest BCUT2D eigenvalue weighted by Gasteiger charge is -2.18. The number of halogens is 5. The average molecular weight is 476 g/mol. The molecule has 0 saturated heterocycles. The van der Waals surface area contributed by atoms with E-state index < -0.39 is 40.4 Å². The molecule has 6 heteroatoms. The van der Waals surface area contributed by atoms with Crippen molar-refractivity contribution in [2.45, 2.75) is 65.2 Å². The van der Waals surface area contributed by atoms with E-state index >= 15 is 0 Å². The first-order valence-electron chi connectivity index (χ1n) is 11.7. The molecule has 0 aromatic heterocycles. The van der Waals surface area contributed by atoms with Crippen LogP contribution in [0.25, 0.3) is 22.3 Å². The third kappa shape index (κ3) is 5.43. The minimum Gasteiger partial charge on any atom is -0.286 e. The maximum absolute atomic E-state index is 14.7. The number of hydrogen-bond donors (Lipinski definition) is 0. The highest BCUT2D eigenvalue weighted by Gasteiger charge is 2.28. The van der Waals surface area contributed by atoms with Crippen LogP contribution in [0, 0.1) is 29.1 Å². The van der Waals surface area contributed by atoms with Gasteiger partial charge in [0.05, 0.1) is 0 Å². The number of unbranched alkanes of at least 4 members (excludes halogenated alkanes) is 5. The topological polar surface area (TPSA) is 19.9 Å². The van der Waals surface area contributed by atoms with E-state index in [9.17, 15) is 27.1 Å². The van der Waals surface area contributed by atoms with Gasteiger partial charge < -0.3 is 0 Å². The van der Waals surface area contributed by atoms with Crippen molar-refractivity contribution in [3.05, 3.63) is 76.6 Å². The Morgan fingerprint density at radius 1 is 0.647 bits per heavy atom. The van der Waals surface area contributed by atoms with Gasteiger partial charge in [0.1, 0.15) is 0 Å². The molecule has 0 saturated carbocycles. The summed E-state index contributed by atoms with van der Waals surface area (Å²) in [5.74, 6) is -8.97. The van der Waals surface area contributed by atoms with Crippen LogP contribution in [0.3, 0.4) is 0 Å². The van der Waals surface area contributed by atoms with Crippen LogP contribution < -0.4 is 0 Å². The number of aryl methyl sites for hydroxylation is 1. The van der Waals surface area contributed by atoms with Gasteiger partial charge in [-0.05, 0) is 59.2 Å². The molecule has 0 atom stereocenters. The van der Waals surface area contributed by atoms with Crippen LogP contribution in [0.4, 0.5) is 22.0 Å². The Morgan fingerprint density at radius 2 is 1.24 bits per heavy atom. The molecular weight excluding hydrogens is 447 g/mol. The second kappa shape index (κ2) is 11.5. The lowest BCUT2D eigenvalue weighted by molar-refractivity contribution is 0.321. The van der Waals surface area contributed by atoms with Crippen LogP contribution >= 0.6 is 0 Å². The van der Waals surface area contributed by atoms with E-state index in [0.29, 0.717) is 17.7 Å². The zero-order chi connectivity index (χ0) is 24.8. The summed E-state index contributed by atoms with van der Waals surface area (Å²) in [6.45, 7) is 3.76. The predicted octanol–water partition coefficient (Wildman–Crippen LogP) is 9.33. The normalized spacial score (nSPS) is 11.3. The van der Waals surface area contributed by atoms with Crippen molar-refractivity contribution < 1.29 is 27.1 Å². The summed E-state index contributed by atoms with van der Waals surface area (Å²) in [7, 11) is 0. The highest BCUT2D eigenvalue weighted by atomic mass is 19.2. The number of benzene rings is 3. The third-order valence-electron chi connectivity index (χ3n) is 6.12. The highest BCUT2D eigenvalue weighted by Crippen LogP contribution is 2.45. The quantitative estimate of drug-likeness (QED) is 0.158. The third-order valence-corrected chi connectivity index (χ3v) is 6.12. The van der Waals surface area contributed by atoms with Gasteiger partial charge in [-0.2, -0.15) is 4.39 Å². The summed E-state index contributed by atoms with van der Waals surface area (Å²) in [5, 5.41) is 12.7. The van der Waals surface area contributed by atoms with Gasteiger partial charge in [-0.15, -0.1) is 0 Å². The van der Waals surface area contributed by atoms with Crippen molar-refractivity contribution in [2.24, 2.45) is 0 Å². The first-order chi connectivity index (χ1) is 16.3. The van der Waals surface area contributed by atoms with E-state index in [1.165, 1.54) is 25.7 Å². The monoisotopic (exact) mass is 475 g/mol. The van der Waals surface area contributed by atoms with Crippen molar-refractivity contribution >= 4 is 0 Å². The summed E-state index contributed by atoms with van der Waals surface area (Å²) in [4.78, 5) is 0. The fourth-order valence-electron chi connectivity index (χ4n) is 4.29. The van der Waals surface area contributed by atoms with Gasteiger partial charge in [-0.1, -0.05) is 70.2 Å². The van der Waals surface area contributed by atoms with E-state index in [1.54, 1.807) is 19.1 Å². The molecule has 3 aromatic carbocycles. The summed E-state index contributed by atoms with van der Waals surface area (Å²) < 4.78 is 70.6. The van der Waals surface area contributed by atoms with Gasteiger partial charge in [0, 0.05) is 5.56 Å². The number of hydrogen-bond acceptors (Lipinski definition) is 0. The molecular formula is C28H28F5O. The van der Waals surface area contributed by atoms with Crippen LogP contribution in [0.1, 0.15) is 63.5 Å². The minimum absolute atomic E-state index is 0.0387. The molecule has 0 heterocycles. The van der Waals surface area contributed by atoms with Crippen LogP contribution in [-0.2, 0) is 17.9 Å². The molecule has 181 valence electrons. The Balaban J connectivity index is 2.02. The van der Waals surface area contributed by atoms with Crippen LogP contribution in [-0.4, -0.2) is 0 Å². The average Bonchev–Trinajstić information content (AvgIpc) is 2.83. The van der Waals surface area contributed by atoms with E-state index in [2.05, 4.69) is 6.92 Å². The zero-order valence-corrected chi connectivity index (χ0v) is 19.4. The fourth-order valence-corrected chi connectivity index (χ4v) is 4.29. The van der Waals surface area contributed by atoms with Crippen molar-refractivity contribution in [3.8, 4) is 28.0 Å². The molecule has 3 rings (SSSR count). The number of rotatable bonds is 10. The Kier molecular flexibility index (Phi) is 8.70. The Bertz CT molecular complexity index is 1120. The highest BCUT2D eigenvalue weighted by molar-refractivity contribution is 5.90. The van der Waals surface area contributed by atoms with Gasteiger partial charge in [0.15, 0.2) is 23.3 Å². The zero-order valence-electron chi connectivity index (χ0n) is 19.4. The Hall–Kier alpha value is -2.89. The molecule has 0 unspecified atom stereocenters.